The molecule has 0 bridgehead atoms. The van der Waals surface area contributed by atoms with Crippen molar-refractivity contribution in [3.05, 3.63) is 45.2 Å². The zero-order chi connectivity index (χ0) is 11.5. The van der Waals surface area contributed by atoms with Crippen LogP contribution >= 0.6 is 27.3 Å². The SMILES string of the molecule is CNCc1ccc(C)c(-c2sccc2Br)c1. The Kier molecular flexibility index (Phi) is 3.79. The Hall–Kier alpha value is -0.640. The summed E-state index contributed by atoms with van der Waals surface area (Å²) < 4.78 is 1.18. The first-order valence-electron chi connectivity index (χ1n) is 5.20. The van der Waals surface area contributed by atoms with Crippen LogP contribution in [0.3, 0.4) is 0 Å². The summed E-state index contributed by atoms with van der Waals surface area (Å²) in [6.45, 7) is 3.07. The highest BCUT2D eigenvalue weighted by Gasteiger charge is 2.08. The van der Waals surface area contributed by atoms with Crippen molar-refractivity contribution < 1.29 is 0 Å². The van der Waals surface area contributed by atoms with Gasteiger partial charge in [0.1, 0.15) is 0 Å². The van der Waals surface area contributed by atoms with E-state index in [0.29, 0.717) is 0 Å². The molecule has 3 heteroatoms. The molecule has 1 nitrogen and oxygen atoms in total. The normalized spacial score (nSPS) is 10.7. The topological polar surface area (TPSA) is 12.0 Å². The minimum atomic E-state index is 0.913. The highest BCUT2D eigenvalue weighted by atomic mass is 79.9. The number of hydrogen-bond donors (Lipinski definition) is 1. The molecule has 84 valence electrons. The smallest absolute Gasteiger partial charge is 0.0487 e. The summed E-state index contributed by atoms with van der Waals surface area (Å²) in [5, 5.41) is 5.30. The van der Waals surface area contributed by atoms with Crippen LogP contribution in [0.1, 0.15) is 11.1 Å². The van der Waals surface area contributed by atoms with Crippen LogP contribution in [0.5, 0.6) is 0 Å². The number of hydrogen-bond acceptors (Lipinski definition) is 2. The molecule has 1 N–H and O–H groups in total. The second-order valence-electron chi connectivity index (χ2n) is 3.78. The lowest BCUT2D eigenvalue weighted by atomic mass is 10.0. The van der Waals surface area contributed by atoms with Gasteiger partial charge in [0.25, 0.3) is 0 Å². The maximum Gasteiger partial charge on any atom is 0.0487 e. The zero-order valence-electron chi connectivity index (χ0n) is 9.38. The third-order valence-corrected chi connectivity index (χ3v) is 4.42. The molecule has 0 saturated heterocycles. The monoisotopic (exact) mass is 295 g/mol. The molecule has 1 heterocycles. The Morgan fingerprint density at radius 3 is 2.75 bits per heavy atom. The lowest BCUT2D eigenvalue weighted by molar-refractivity contribution is 0.818. The summed E-state index contributed by atoms with van der Waals surface area (Å²) in [5.74, 6) is 0. The molecule has 2 aromatic rings. The largest absolute Gasteiger partial charge is 0.316 e. The van der Waals surface area contributed by atoms with Gasteiger partial charge in [0.2, 0.25) is 0 Å². The lowest BCUT2D eigenvalue weighted by Gasteiger charge is -2.08. The molecule has 1 aromatic heterocycles. The molecule has 16 heavy (non-hydrogen) atoms. The van der Waals surface area contributed by atoms with Crippen molar-refractivity contribution in [3.63, 3.8) is 0 Å². The van der Waals surface area contributed by atoms with Crippen LogP contribution in [0.25, 0.3) is 10.4 Å². The van der Waals surface area contributed by atoms with Crippen LogP contribution in [0, 0.1) is 6.92 Å². The van der Waals surface area contributed by atoms with Gasteiger partial charge in [-0.3, -0.25) is 0 Å². The van der Waals surface area contributed by atoms with Gasteiger partial charge in [0, 0.05) is 15.9 Å². The van der Waals surface area contributed by atoms with Gasteiger partial charge >= 0.3 is 0 Å². The summed E-state index contributed by atoms with van der Waals surface area (Å²) in [6, 6.07) is 8.73. The number of rotatable bonds is 3. The molecule has 0 unspecified atom stereocenters. The van der Waals surface area contributed by atoms with E-state index >= 15 is 0 Å². The van der Waals surface area contributed by atoms with Crippen molar-refractivity contribution in [1.29, 1.82) is 0 Å². The fourth-order valence-electron chi connectivity index (χ4n) is 1.71. The first kappa shape index (κ1) is 11.8. The van der Waals surface area contributed by atoms with Crippen molar-refractivity contribution in [2.45, 2.75) is 13.5 Å². The Balaban J connectivity index is 2.47. The van der Waals surface area contributed by atoms with Crippen molar-refractivity contribution in [2.75, 3.05) is 7.05 Å². The van der Waals surface area contributed by atoms with Gasteiger partial charge in [-0.1, -0.05) is 12.1 Å². The second kappa shape index (κ2) is 5.13. The fourth-order valence-corrected chi connectivity index (χ4v) is 3.38. The number of nitrogens with one attached hydrogen (secondary N) is 1. The van der Waals surface area contributed by atoms with E-state index in [9.17, 15) is 0 Å². The molecule has 0 amide bonds. The molecule has 0 aliphatic rings. The molecule has 0 aliphatic heterocycles. The Bertz CT molecular complexity index is 490. The molecular formula is C13H14BrNS. The van der Waals surface area contributed by atoms with E-state index in [-0.39, 0.29) is 0 Å². The molecular weight excluding hydrogens is 282 g/mol. The van der Waals surface area contributed by atoms with E-state index in [2.05, 4.69) is 57.8 Å². The molecule has 0 spiro atoms. The maximum atomic E-state index is 3.60. The van der Waals surface area contributed by atoms with Crippen LogP contribution in [-0.4, -0.2) is 7.05 Å². The van der Waals surface area contributed by atoms with E-state index in [0.717, 1.165) is 6.54 Å². The predicted molar refractivity (Wildman–Crippen MR) is 75.0 cm³/mol. The summed E-state index contributed by atoms with van der Waals surface area (Å²) in [6.07, 6.45) is 0. The minimum absolute atomic E-state index is 0.913. The third-order valence-electron chi connectivity index (χ3n) is 2.54. The minimum Gasteiger partial charge on any atom is -0.316 e. The number of thiophene rings is 1. The quantitative estimate of drug-likeness (QED) is 0.895. The van der Waals surface area contributed by atoms with Gasteiger partial charge in [-0.15, -0.1) is 11.3 Å². The van der Waals surface area contributed by atoms with Crippen molar-refractivity contribution in [1.82, 2.24) is 5.32 Å². The third kappa shape index (κ3) is 2.37. The summed E-state index contributed by atoms with van der Waals surface area (Å²) in [4.78, 5) is 1.32. The van der Waals surface area contributed by atoms with E-state index in [4.69, 9.17) is 0 Å². The van der Waals surface area contributed by atoms with Crippen molar-refractivity contribution in [2.24, 2.45) is 0 Å². The van der Waals surface area contributed by atoms with E-state index in [1.54, 1.807) is 11.3 Å². The first-order chi connectivity index (χ1) is 7.72. The van der Waals surface area contributed by atoms with Gasteiger partial charge < -0.3 is 5.32 Å². The number of aryl methyl sites for hydroxylation is 1. The van der Waals surface area contributed by atoms with Gasteiger partial charge in [-0.2, -0.15) is 0 Å². The van der Waals surface area contributed by atoms with E-state index < -0.39 is 0 Å². The standard InChI is InChI=1S/C13H14BrNS/c1-9-3-4-10(8-15-2)7-11(9)13-12(14)5-6-16-13/h3-7,15H,8H2,1-2H3. The molecule has 0 atom stereocenters. The van der Waals surface area contributed by atoms with Crippen molar-refractivity contribution in [3.8, 4) is 10.4 Å². The zero-order valence-corrected chi connectivity index (χ0v) is 11.8. The predicted octanol–water partition coefficient (Wildman–Crippen LogP) is 4.21. The highest BCUT2D eigenvalue weighted by Crippen LogP contribution is 2.35. The van der Waals surface area contributed by atoms with Crippen molar-refractivity contribution >= 4 is 27.3 Å². The molecule has 1 aromatic carbocycles. The maximum absolute atomic E-state index is 3.60. The number of halogens is 1. The van der Waals surface area contributed by atoms with Gasteiger partial charge in [-0.05, 0) is 64.1 Å². The van der Waals surface area contributed by atoms with Crippen LogP contribution in [0.2, 0.25) is 0 Å². The van der Waals surface area contributed by atoms with E-state index in [1.165, 1.54) is 26.0 Å². The van der Waals surface area contributed by atoms with Crippen LogP contribution in [-0.2, 0) is 6.54 Å². The summed E-state index contributed by atoms with van der Waals surface area (Å²) in [5.41, 5.74) is 3.97. The highest BCUT2D eigenvalue weighted by molar-refractivity contribution is 9.10. The number of benzene rings is 1. The van der Waals surface area contributed by atoms with Crippen LogP contribution < -0.4 is 5.32 Å². The molecule has 0 aliphatic carbocycles. The summed E-state index contributed by atoms with van der Waals surface area (Å²) in [7, 11) is 1.97. The molecule has 0 radical (unpaired) electrons. The Labute approximate surface area is 109 Å². The van der Waals surface area contributed by atoms with E-state index in [1.807, 2.05) is 7.05 Å². The van der Waals surface area contributed by atoms with Gasteiger partial charge in [0.15, 0.2) is 0 Å². The molecule has 0 fully saturated rings. The fraction of sp³-hybridized carbons (Fsp3) is 0.231. The average Bonchev–Trinajstić information content (AvgIpc) is 2.68. The Morgan fingerprint density at radius 1 is 1.31 bits per heavy atom. The van der Waals surface area contributed by atoms with Crippen LogP contribution in [0.15, 0.2) is 34.1 Å². The first-order valence-corrected chi connectivity index (χ1v) is 6.87. The van der Waals surface area contributed by atoms with Gasteiger partial charge in [0.05, 0.1) is 0 Å². The molecule has 2 rings (SSSR count). The Morgan fingerprint density at radius 2 is 2.12 bits per heavy atom. The second-order valence-corrected chi connectivity index (χ2v) is 5.55. The van der Waals surface area contributed by atoms with Gasteiger partial charge in [-0.25, -0.2) is 0 Å². The molecule has 0 saturated carbocycles. The average molecular weight is 296 g/mol. The summed E-state index contributed by atoms with van der Waals surface area (Å²) >= 11 is 5.37. The lowest BCUT2D eigenvalue weighted by Crippen LogP contribution is -2.05. The van der Waals surface area contributed by atoms with Crippen LogP contribution in [0.4, 0.5) is 0 Å².